The summed E-state index contributed by atoms with van der Waals surface area (Å²) in [5, 5.41) is 7.89. The molecule has 0 bridgehead atoms. The Morgan fingerprint density at radius 3 is 2.48 bits per heavy atom. The first-order chi connectivity index (χ1) is 10.3. The van der Waals surface area contributed by atoms with E-state index in [0.29, 0.717) is 6.54 Å². The molecule has 2 aromatic rings. The van der Waals surface area contributed by atoms with E-state index in [-0.39, 0.29) is 0 Å². The van der Waals surface area contributed by atoms with Crippen LogP contribution < -0.4 is 5.73 Å². The highest BCUT2D eigenvalue weighted by atomic mass is 31.0. The van der Waals surface area contributed by atoms with Crippen molar-refractivity contribution in [1.29, 1.82) is 0 Å². The molecule has 1 atom stereocenters. The van der Waals surface area contributed by atoms with E-state index in [1.807, 2.05) is 24.4 Å². The zero-order chi connectivity index (χ0) is 15.3. The van der Waals surface area contributed by atoms with Crippen LogP contribution in [0.3, 0.4) is 0 Å². The molecule has 0 radical (unpaired) electrons. The van der Waals surface area contributed by atoms with Gasteiger partial charge in [0.1, 0.15) is 0 Å². The van der Waals surface area contributed by atoms with Gasteiger partial charge in [-0.1, -0.05) is 61.7 Å². The number of rotatable bonds is 7. The Hall–Kier alpha value is -1.25. The van der Waals surface area contributed by atoms with Crippen LogP contribution in [-0.2, 0) is 13.1 Å². The number of hydrogen-bond donors (Lipinski definition) is 1. The SMILES string of the molecule is CCCCCCP.NCc1cn(Cc2ccccc2)nn1. The van der Waals surface area contributed by atoms with E-state index in [0.717, 1.165) is 12.2 Å². The molecule has 4 nitrogen and oxygen atoms in total. The summed E-state index contributed by atoms with van der Waals surface area (Å²) in [6, 6.07) is 10.1. The van der Waals surface area contributed by atoms with Gasteiger partial charge >= 0.3 is 0 Å². The third-order valence-electron chi connectivity index (χ3n) is 3.04. The molecule has 0 saturated carbocycles. The van der Waals surface area contributed by atoms with Crippen molar-refractivity contribution in [3.05, 3.63) is 47.8 Å². The Morgan fingerprint density at radius 2 is 1.90 bits per heavy atom. The highest BCUT2D eigenvalue weighted by Gasteiger charge is 1.98. The molecule has 1 aromatic heterocycles. The lowest BCUT2D eigenvalue weighted by Gasteiger charge is -1.98. The van der Waals surface area contributed by atoms with Crippen LogP contribution in [0.2, 0.25) is 0 Å². The highest BCUT2D eigenvalue weighted by molar-refractivity contribution is 7.16. The standard InChI is InChI=1S/C10H12N4.C6H15P/c11-6-10-8-14(13-12-10)7-9-4-2-1-3-5-9;1-2-3-4-5-6-7/h1-5,8H,6-7,11H2;2-7H2,1H3. The van der Waals surface area contributed by atoms with Crippen molar-refractivity contribution in [3.63, 3.8) is 0 Å². The minimum Gasteiger partial charge on any atom is -0.325 e. The van der Waals surface area contributed by atoms with Gasteiger partial charge in [0.05, 0.1) is 18.4 Å². The summed E-state index contributed by atoms with van der Waals surface area (Å²) in [5.41, 5.74) is 7.47. The molecule has 0 aliphatic carbocycles. The molecule has 0 fully saturated rings. The Morgan fingerprint density at radius 1 is 1.14 bits per heavy atom. The van der Waals surface area contributed by atoms with E-state index >= 15 is 0 Å². The third kappa shape index (κ3) is 7.93. The van der Waals surface area contributed by atoms with Gasteiger partial charge < -0.3 is 5.73 Å². The molecule has 1 unspecified atom stereocenters. The second-order valence-corrected chi connectivity index (χ2v) is 5.52. The lowest BCUT2D eigenvalue weighted by Crippen LogP contribution is -2.00. The summed E-state index contributed by atoms with van der Waals surface area (Å²) in [4.78, 5) is 0. The summed E-state index contributed by atoms with van der Waals surface area (Å²) in [5.74, 6) is 0. The molecule has 116 valence electrons. The van der Waals surface area contributed by atoms with Gasteiger partial charge in [-0.3, -0.25) is 0 Å². The van der Waals surface area contributed by atoms with Gasteiger partial charge in [-0.25, -0.2) is 4.68 Å². The molecule has 0 spiro atoms. The second kappa shape index (κ2) is 11.4. The molecular weight excluding hydrogens is 279 g/mol. The van der Waals surface area contributed by atoms with E-state index < -0.39 is 0 Å². The Balaban J connectivity index is 0.000000270. The fourth-order valence-electron chi connectivity index (χ4n) is 1.85. The predicted octanol–water partition coefficient (Wildman–Crippen LogP) is 3.23. The first kappa shape index (κ1) is 17.8. The number of hydrogen-bond acceptors (Lipinski definition) is 3. The van der Waals surface area contributed by atoms with Crippen molar-refractivity contribution in [2.24, 2.45) is 5.73 Å². The monoisotopic (exact) mass is 306 g/mol. The topological polar surface area (TPSA) is 56.7 Å². The first-order valence-electron chi connectivity index (χ1n) is 7.63. The Kier molecular flexibility index (Phi) is 9.68. The zero-order valence-corrected chi connectivity index (χ0v) is 14.1. The second-order valence-electron chi connectivity index (χ2n) is 4.95. The zero-order valence-electron chi connectivity index (χ0n) is 12.9. The minimum atomic E-state index is 0.439. The Bertz CT molecular complexity index is 466. The van der Waals surface area contributed by atoms with Crippen molar-refractivity contribution in [1.82, 2.24) is 15.0 Å². The first-order valence-corrected chi connectivity index (χ1v) is 8.44. The van der Waals surface area contributed by atoms with Crippen LogP contribution in [0, 0.1) is 0 Å². The summed E-state index contributed by atoms with van der Waals surface area (Å²) in [6.45, 7) is 3.42. The van der Waals surface area contributed by atoms with Gasteiger partial charge in [0.15, 0.2) is 0 Å². The van der Waals surface area contributed by atoms with Crippen LogP contribution in [0.25, 0.3) is 0 Å². The third-order valence-corrected chi connectivity index (χ3v) is 3.45. The van der Waals surface area contributed by atoms with Gasteiger partial charge in [0.2, 0.25) is 0 Å². The van der Waals surface area contributed by atoms with Gasteiger partial charge in [-0.15, -0.1) is 14.3 Å². The van der Waals surface area contributed by atoms with Gasteiger partial charge in [-0.2, -0.15) is 0 Å². The number of unbranched alkanes of at least 4 members (excludes halogenated alkanes) is 3. The van der Waals surface area contributed by atoms with E-state index in [2.05, 4.69) is 38.6 Å². The normalized spacial score (nSPS) is 10.0. The molecular formula is C16H27N4P. The maximum absolute atomic E-state index is 5.44. The smallest absolute Gasteiger partial charge is 0.0962 e. The lowest BCUT2D eigenvalue weighted by molar-refractivity contribution is 0.649. The summed E-state index contributed by atoms with van der Waals surface area (Å²) >= 11 is 0. The van der Waals surface area contributed by atoms with Crippen LogP contribution in [0.4, 0.5) is 0 Å². The van der Waals surface area contributed by atoms with Crippen molar-refractivity contribution >= 4 is 9.24 Å². The summed E-state index contributed by atoms with van der Waals surface area (Å²) in [6.07, 6.45) is 8.71. The molecule has 0 saturated heterocycles. The fourth-order valence-corrected chi connectivity index (χ4v) is 2.14. The van der Waals surface area contributed by atoms with E-state index in [1.54, 1.807) is 4.68 Å². The molecule has 2 rings (SSSR count). The lowest BCUT2D eigenvalue weighted by atomic mass is 10.2. The van der Waals surface area contributed by atoms with Crippen LogP contribution in [0.1, 0.15) is 43.9 Å². The Labute approximate surface area is 130 Å². The maximum atomic E-state index is 5.44. The van der Waals surface area contributed by atoms with Gasteiger partial charge in [0, 0.05) is 6.54 Å². The molecule has 5 heteroatoms. The molecule has 0 aliphatic heterocycles. The van der Waals surface area contributed by atoms with Crippen molar-refractivity contribution in [2.45, 2.75) is 45.7 Å². The molecule has 1 heterocycles. The van der Waals surface area contributed by atoms with Crippen molar-refractivity contribution in [2.75, 3.05) is 6.16 Å². The van der Waals surface area contributed by atoms with E-state index in [9.17, 15) is 0 Å². The molecule has 1 aromatic carbocycles. The van der Waals surface area contributed by atoms with Crippen LogP contribution >= 0.6 is 9.24 Å². The molecule has 0 amide bonds. The fraction of sp³-hybridized carbons (Fsp3) is 0.500. The minimum absolute atomic E-state index is 0.439. The summed E-state index contributed by atoms with van der Waals surface area (Å²) < 4.78 is 1.79. The molecule has 0 aliphatic rings. The van der Waals surface area contributed by atoms with E-state index in [4.69, 9.17) is 5.73 Å². The molecule has 21 heavy (non-hydrogen) atoms. The molecule has 2 N–H and O–H groups in total. The number of nitrogens with zero attached hydrogens (tertiary/aromatic N) is 3. The summed E-state index contributed by atoms with van der Waals surface area (Å²) in [7, 11) is 2.75. The number of aromatic nitrogens is 3. The van der Waals surface area contributed by atoms with Crippen molar-refractivity contribution < 1.29 is 0 Å². The quantitative estimate of drug-likeness (QED) is 0.631. The largest absolute Gasteiger partial charge is 0.325 e. The predicted molar refractivity (Wildman–Crippen MR) is 92.2 cm³/mol. The van der Waals surface area contributed by atoms with Crippen LogP contribution in [0.5, 0.6) is 0 Å². The van der Waals surface area contributed by atoms with Crippen LogP contribution in [-0.4, -0.2) is 21.2 Å². The average molecular weight is 306 g/mol. The van der Waals surface area contributed by atoms with Gasteiger partial charge in [0.25, 0.3) is 0 Å². The van der Waals surface area contributed by atoms with Crippen LogP contribution in [0.15, 0.2) is 36.5 Å². The average Bonchev–Trinajstić information content (AvgIpc) is 2.97. The van der Waals surface area contributed by atoms with Gasteiger partial charge in [-0.05, 0) is 18.1 Å². The maximum Gasteiger partial charge on any atom is 0.0962 e. The number of benzene rings is 1. The van der Waals surface area contributed by atoms with E-state index in [1.165, 1.54) is 37.4 Å². The number of nitrogens with two attached hydrogens (primary N) is 1. The highest BCUT2D eigenvalue weighted by Crippen LogP contribution is 2.01. The van der Waals surface area contributed by atoms with Crippen molar-refractivity contribution in [3.8, 4) is 0 Å².